The summed E-state index contributed by atoms with van der Waals surface area (Å²) in [6, 6.07) is 0. The maximum Gasteiger partial charge on any atom is 0.278 e. The maximum atomic E-state index is 10.5. The molecule has 1 aliphatic rings. The van der Waals surface area contributed by atoms with Gasteiger partial charge in [0.1, 0.15) is 12.1 Å². The molecule has 5 nitrogen and oxygen atoms in total. The minimum atomic E-state index is -0.504. The molecule has 1 rings (SSSR count). The van der Waals surface area contributed by atoms with Gasteiger partial charge in [0.05, 0.1) is 23.7 Å². The Morgan fingerprint density at radius 2 is 2.38 bits per heavy atom. The van der Waals surface area contributed by atoms with E-state index in [4.69, 9.17) is 12.7 Å². The van der Waals surface area contributed by atoms with Gasteiger partial charge in [0, 0.05) is 0 Å². The van der Waals surface area contributed by atoms with Crippen molar-refractivity contribution in [2.75, 3.05) is 7.11 Å². The second-order valence-electron chi connectivity index (χ2n) is 2.74. The lowest BCUT2D eigenvalue weighted by molar-refractivity contribution is -1.05. The fraction of sp³-hybridized carbons (Fsp3) is 0.429. The van der Waals surface area contributed by atoms with Crippen molar-refractivity contribution in [1.82, 2.24) is 0 Å². The van der Waals surface area contributed by atoms with Crippen LogP contribution in [0.1, 0.15) is 6.92 Å². The van der Waals surface area contributed by atoms with Crippen LogP contribution in [0.3, 0.4) is 0 Å². The van der Waals surface area contributed by atoms with E-state index in [1.807, 2.05) is 0 Å². The Labute approximate surface area is 77.2 Å². The molecule has 2 radical (unpaired) electrons. The second kappa shape index (κ2) is 3.72. The zero-order valence-electron chi connectivity index (χ0n) is 7.48. The Morgan fingerprint density at radius 3 is 2.85 bits per heavy atom. The monoisotopic (exact) mass is 181 g/mol. The number of quaternary nitrogens is 1. The zero-order chi connectivity index (χ0) is 10.0. The third-order valence-electron chi connectivity index (χ3n) is 2.01. The van der Waals surface area contributed by atoms with Crippen molar-refractivity contribution in [1.29, 1.82) is 0 Å². The van der Waals surface area contributed by atoms with Crippen LogP contribution in [0.2, 0.25) is 0 Å². The molecule has 68 valence electrons. The first-order valence-corrected chi connectivity index (χ1v) is 3.77. The fourth-order valence-electron chi connectivity index (χ4n) is 1.17. The van der Waals surface area contributed by atoms with Crippen LogP contribution in [0, 0.1) is 10.1 Å². The van der Waals surface area contributed by atoms with Crippen molar-refractivity contribution in [3.8, 4) is 0 Å². The summed E-state index contributed by atoms with van der Waals surface area (Å²) < 4.78 is 0. The lowest BCUT2D eigenvalue weighted by Gasteiger charge is -2.21. The van der Waals surface area contributed by atoms with Crippen LogP contribution in [0.15, 0.2) is 23.5 Å². The quantitative estimate of drug-likeness (QED) is 0.338. The predicted molar refractivity (Wildman–Crippen MR) is 46.3 cm³/mol. The Balaban J connectivity index is 2.96. The van der Waals surface area contributed by atoms with E-state index in [0.717, 1.165) is 0 Å². The summed E-state index contributed by atoms with van der Waals surface area (Å²) in [6.45, 7) is 1.63. The van der Waals surface area contributed by atoms with Gasteiger partial charge < -0.3 is 0 Å². The van der Waals surface area contributed by atoms with E-state index in [9.17, 15) is 10.1 Å². The van der Waals surface area contributed by atoms with Crippen LogP contribution in [0.25, 0.3) is 0 Å². The number of nitrogens with one attached hydrogen (secondary N) is 1. The summed E-state index contributed by atoms with van der Waals surface area (Å²) >= 11 is 0. The molecule has 2 atom stereocenters. The van der Waals surface area contributed by atoms with E-state index in [1.165, 1.54) is 19.4 Å². The van der Waals surface area contributed by atoms with Crippen molar-refractivity contribution in [3.05, 3.63) is 33.7 Å². The lowest BCUT2D eigenvalue weighted by atomic mass is 9.86. The van der Waals surface area contributed by atoms with Gasteiger partial charge in [0.2, 0.25) is 0 Å². The molecular weight excluding hydrogens is 171 g/mol. The SMILES string of the molecule is [B]C1C(C)=C([N+](=O)[O-])C=C[NH+]1OC. The molecule has 0 aliphatic carbocycles. The number of allylic oxidation sites excluding steroid dienone is 1. The standard InChI is InChI=1S/C7H9BN2O3/c1-5-6(10(11)12)3-4-9(13-2)7(5)8/h3-4,7H,1-2H3/p+1. The van der Waals surface area contributed by atoms with Gasteiger partial charge in [-0.05, 0) is 6.92 Å². The van der Waals surface area contributed by atoms with Crippen LogP contribution in [-0.4, -0.2) is 25.8 Å². The number of rotatable bonds is 2. The molecule has 0 bridgehead atoms. The summed E-state index contributed by atoms with van der Waals surface area (Å²) in [4.78, 5) is 15.0. The summed E-state index contributed by atoms with van der Waals surface area (Å²) in [5, 5.41) is 11.0. The highest BCUT2D eigenvalue weighted by Gasteiger charge is 2.29. The first-order chi connectivity index (χ1) is 6.07. The lowest BCUT2D eigenvalue weighted by Crippen LogP contribution is -3.11. The predicted octanol–water partition coefficient (Wildman–Crippen LogP) is -0.995. The average molecular weight is 181 g/mol. The largest absolute Gasteiger partial charge is 0.278 e. The topological polar surface area (TPSA) is 56.8 Å². The molecule has 0 aromatic rings. The smallest absolute Gasteiger partial charge is 0.258 e. The van der Waals surface area contributed by atoms with E-state index in [1.54, 1.807) is 6.92 Å². The summed E-state index contributed by atoms with van der Waals surface area (Å²) in [5.74, 6) is -0.504. The molecular formula is C7H10BN2O3+. The summed E-state index contributed by atoms with van der Waals surface area (Å²) in [5.41, 5.74) is 0.567. The van der Waals surface area contributed by atoms with Crippen LogP contribution in [-0.2, 0) is 4.84 Å². The molecule has 0 saturated heterocycles. The minimum Gasteiger partial charge on any atom is -0.258 e. The maximum absolute atomic E-state index is 10.5. The van der Waals surface area contributed by atoms with Crippen LogP contribution in [0.5, 0.6) is 0 Å². The molecule has 0 amide bonds. The molecule has 13 heavy (non-hydrogen) atoms. The van der Waals surface area contributed by atoms with Crippen molar-refractivity contribution < 1.29 is 14.8 Å². The Bertz CT molecular complexity index is 287. The minimum absolute atomic E-state index is 0.0494. The zero-order valence-corrected chi connectivity index (χ0v) is 7.48. The molecule has 0 spiro atoms. The molecule has 2 unspecified atom stereocenters. The molecule has 0 fully saturated rings. The van der Waals surface area contributed by atoms with Crippen LogP contribution in [0.4, 0.5) is 0 Å². The highest BCUT2D eigenvalue weighted by atomic mass is 16.7. The molecule has 0 saturated carbocycles. The number of nitro groups is 1. The number of hydrogen-bond donors (Lipinski definition) is 1. The number of nitrogens with zero attached hydrogens (tertiary/aromatic N) is 1. The first-order valence-electron chi connectivity index (χ1n) is 3.77. The van der Waals surface area contributed by atoms with Gasteiger partial charge in [-0.15, -0.1) is 0 Å². The van der Waals surface area contributed by atoms with Crippen LogP contribution < -0.4 is 5.06 Å². The molecule has 1 aliphatic heterocycles. The van der Waals surface area contributed by atoms with Crippen molar-refractivity contribution in [2.24, 2.45) is 0 Å². The second-order valence-corrected chi connectivity index (χ2v) is 2.74. The highest BCUT2D eigenvalue weighted by molar-refractivity contribution is 6.12. The summed E-state index contributed by atoms with van der Waals surface area (Å²) in [6.07, 6.45) is 2.92. The summed E-state index contributed by atoms with van der Waals surface area (Å²) in [7, 11) is 7.18. The number of hydrogen-bond acceptors (Lipinski definition) is 3. The first kappa shape index (κ1) is 9.95. The van der Waals surface area contributed by atoms with E-state index in [-0.39, 0.29) is 5.70 Å². The van der Waals surface area contributed by atoms with E-state index in [0.29, 0.717) is 10.6 Å². The van der Waals surface area contributed by atoms with Crippen LogP contribution >= 0.6 is 0 Å². The van der Waals surface area contributed by atoms with Gasteiger partial charge in [-0.2, -0.15) is 5.06 Å². The van der Waals surface area contributed by atoms with E-state index in [2.05, 4.69) is 0 Å². The molecule has 6 heteroatoms. The Morgan fingerprint density at radius 1 is 1.77 bits per heavy atom. The molecule has 1 heterocycles. The number of hydroxylamine groups is 2. The third-order valence-corrected chi connectivity index (χ3v) is 2.01. The van der Waals surface area contributed by atoms with Gasteiger partial charge in [0.25, 0.3) is 5.70 Å². The van der Waals surface area contributed by atoms with E-state index >= 15 is 0 Å². The molecule has 0 aromatic heterocycles. The third kappa shape index (κ3) is 1.79. The van der Waals surface area contributed by atoms with Gasteiger partial charge in [-0.25, -0.2) is 4.84 Å². The van der Waals surface area contributed by atoms with Gasteiger partial charge >= 0.3 is 0 Å². The molecule has 1 N–H and O–H groups in total. The van der Waals surface area contributed by atoms with E-state index < -0.39 is 10.9 Å². The van der Waals surface area contributed by atoms with Gasteiger partial charge in [0.15, 0.2) is 7.85 Å². The Kier molecular flexibility index (Phi) is 2.85. The van der Waals surface area contributed by atoms with Gasteiger partial charge in [-0.1, -0.05) is 0 Å². The normalized spacial score (nSPS) is 27.8. The van der Waals surface area contributed by atoms with Crippen molar-refractivity contribution in [2.45, 2.75) is 12.9 Å². The van der Waals surface area contributed by atoms with Gasteiger partial charge in [-0.3, -0.25) is 10.1 Å². The van der Waals surface area contributed by atoms with Crippen molar-refractivity contribution >= 4 is 7.85 Å². The highest BCUT2D eigenvalue weighted by Crippen LogP contribution is 2.10. The average Bonchev–Trinajstić information content (AvgIpc) is 2.09. The van der Waals surface area contributed by atoms with Crippen molar-refractivity contribution in [3.63, 3.8) is 0 Å². The molecule has 0 aromatic carbocycles. The Hall–Kier alpha value is -1.14. The fourth-order valence-corrected chi connectivity index (χ4v) is 1.17.